The number of hydrogen-bond acceptors (Lipinski definition) is 4. The van der Waals surface area contributed by atoms with Crippen molar-refractivity contribution in [3.05, 3.63) is 71.3 Å². The van der Waals surface area contributed by atoms with Gasteiger partial charge in [0.1, 0.15) is 23.5 Å². The summed E-state index contributed by atoms with van der Waals surface area (Å²) < 4.78 is 27.9. The van der Waals surface area contributed by atoms with Crippen LogP contribution in [0.3, 0.4) is 0 Å². The predicted octanol–water partition coefficient (Wildman–Crippen LogP) is 3.26. The van der Waals surface area contributed by atoms with Crippen molar-refractivity contribution in [1.29, 1.82) is 0 Å². The van der Waals surface area contributed by atoms with E-state index in [0.717, 1.165) is 6.07 Å². The van der Waals surface area contributed by atoms with Crippen molar-refractivity contribution >= 4 is 23.3 Å². The van der Waals surface area contributed by atoms with Gasteiger partial charge >= 0.3 is 6.03 Å². The van der Waals surface area contributed by atoms with E-state index in [2.05, 4.69) is 31.1 Å². The summed E-state index contributed by atoms with van der Waals surface area (Å²) in [6, 6.07) is 9.07. The number of hydrogen-bond donors (Lipinski definition) is 4. The van der Waals surface area contributed by atoms with Crippen LogP contribution in [0.5, 0.6) is 0 Å². The molecular formula is C19H18F2N6O2. The molecule has 29 heavy (non-hydrogen) atoms. The lowest BCUT2D eigenvalue weighted by Crippen LogP contribution is -2.34. The number of urea groups is 1. The molecule has 10 heteroatoms. The topological polar surface area (TPSA) is 112 Å². The van der Waals surface area contributed by atoms with E-state index >= 15 is 0 Å². The van der Waals surface area contributed by atoms with Crippen LogP contribution in [0, 0.1) is 18.6 Å². The first kappa shape index (κ1) is 19.9. The molecule has 1 heterocycles. The van der Waals surface area contributed by atoms with Crippen LogP contribution in [0.4, 0.5) is 25.0 Å². The molecule has 0 saturated carbocycles. The van der Waals surface area contributed by atoms with Crippen molar-refractivity contribution in [3.8, 4) is 0 Å². The third-order valence-electron chi connectivity index (χ3n) is 3.90. The highest BCUT2D eigenvalue weighted by Crippen LogP contribution is 2.24. The fourth-order valence-corrected chi connectivity index (χ4v) is 2.65. The summed E-state index contributed by atoms with van der Waals surface area (Å²) in [6.45, 7) is 2.90. The molecular weight excluding hydrogens is 382 g/mol. The maximum absolute atomic E-state index is 14.1. The summed E-state index contributed by atoms with van der Waals surface area (Å²) in [7, 11) is 0. The number of aromatic amines is 1. The normalized spacial score (nSPS) is 11.6. The maximum atomic E-state index is 14.1. The van der Waals surface area contributed by atoms with Crippen molar-refractivity contribution in [3.63, 3.8) is 0 Å². The lowest BCUT2D eigenvalue weighted by Gasteiger charge is -2.17. The van der Waals surface area contributed by atoms with Gasteiger partial charge in [0, 0.05) is 13.0 Å². The molecule has 0 saturated heterocycles. The Morgan fingerprint density at radius 2 is 1.69 bits per heavy atom. The molecule has 0 aliphatic carbocycles. The average Bonchev–Trinajstić information content (AvgIpc) is 3.10. The van der Waals surface area contributed by atoms with Crippen molar-refractivity contribution in [2.45, 2.75) is 19.9 Å². The summed E-state index contributed by atoms with van der Waals surface area (Å²) in [5.74, 6) is -1.59. The zero-order valence-corrected chi connectivity index (χ0v) is 15.6. The molecule has 0 aliphatic rings. The highest BCUT2D eigenvalue weighted by Gasteiger charge is 2.22. The van der Waals surface area contributed by atoms with Gasteiger partial charge in [-0.2, -0.15) is 5.10 Å². The molecule has 0 spiro atoms. The van der Waals surface area contributed by atoms with E-state index in [0.29, 0.717) is 23.3 Å². The SMILES string of the molecule is CC(=O)Nc1cc(NC(=O)NC(c2ccccc2)c2n[nH]c(C)n2)c(F)cc1F. The van der Waals surface area contributed by atoms with Gasteiger partial charge in [0.2, 0.25) is 5.91 Å². The number of carbonyl (C=O) groups excluding carboxylic acids is 2. The van der Waals surface area contributed by atoms with Gasteiger partial charge < -0.3 is 16.0 Å². The lowest BCUT2D eigenvalue weighted by molar-refractivity contribution is -0.114. The first-order valence-electron chi connectivity index (χ1n) is 8.61. The van der Waals surface area contributed by atoms with Crippen LogP contribution in [-0.2, 0) is 4.79 Å². The van der Waals surface area contributed by atoms with Crippen LogP contribution in [0.25, 0.3) is 0 Å². The first-order chi connectivity index (χ1) is 13.8. The Bertz CT molecular complexity index is 1040. The van der Waals surface area contributed by atoms with Crippen LogP contribution < -0.4 is 16.0 Å². The summed E-state index contributed by atoms with van der Waals surface area (Å²) in [6.07, 6.45) is 0. The molecule has 0 aliphatic heterocycles. The Hall–Kier alpha value is -3.82. The molecule has 8 nitrogen and oxygen atoms in total. The number of benzene rings is 2. The highest BCUT2D eigenvalue weighted by molar-refractivity contribution is 5.93. The Morgan fingerprint density at radius 1 is 1.03 bits per heavy atom. The molecule has 1 aromatic heterocycles. The molecule has 3 rings (SSSR count). The molecule has 4 N–H and O–H groups in total. The Labute approximate surface area is 164 Å². The van der Waals surface area contributed by atoms with Crippen molar-refractivity contribution in [2.24, 2.45) is 0 Å². The van der Waals surface area contributed by atoms with Gasteiger partial charge in [-0.05, 0) is 18.6 Å². The lowest BCUT2D eigenvalue weighted by atomic mass is 10.1. The minimum Gasteiger partial charge on any atom is -0.324 e. The van der Waals surface area contributed by atoms with E-state index in [1.807, 2.05) is 6.07 Å². The predicted molar refractivity (Wildman–Crippen MR) is 102 cm³/mol. The number of halogens is 2. The third kappa shape index (κ3) is 4.92. The molecule has 2 aromatic carbocycles. The first-order valence-corrected chi connectivity index (χ1v) is 8.61. The minimum atomic E-state index is -0.989. The summed E-state index contributed by atoms with van der Waals surface area (Å²) in [5.41, 5.74) is 0.157. The third-order valence-corrected chi connectivity index (χ3v) is 3.90. The van der Waals surface area contributed by atoms with Crippen molar-refractivity contribution < 1.29 is 18.4 Å². The fraction of sp³-hybridized carbons (Fsp3) is 0.158. The molecule has 3 amide bonds. The molecule has 1 unspecified atom stereocenters. The van der Waals surface area contributed by atoms with Gasteiger partial charge in [0.05, 0.1) is 11.4 Å². The van der Waals surface area contributed by atoms with Gasteiger partial charge in [0.25, 0.3) is 0 Å². The van der Waals surface area contributed by atoms with E-state index in [4.69, 9.17) is 0 Å². The molecule has 3 aromatic rings. The smallest absolute Gasteiger partial charge is 0.320 e. The molecule has 0 bridgehead atoms. The maximum Gasteiger partial charge on any atom is 0.320 e. The number of carbonyl (C=O) groups is 2. The van der Waals surface area contributed by atoms with Crippen LogP contribution >= 0.6 is 0 Å². The van der Waals surface area contributed by atoms with Gasteiger partial charge in [-0.15, -0.1) is 0 Å². The van der Waals surface area contributed by atoms with E-state index in [1.54, 1.807) is 31.2 Å². The van der Waals surface area contributed by atoms with Crippen molar-refractivity contribution in [2.75, 3.05) is 10.6 Å². The van der Waals surface area contributed by atoms with Crippen LogP contribution in [0.1, 0.15) is 30.2 Å². The number of rotatable bonds is 5. The number of amides is 3. The van der Waals surface area contributed by atoms with Crippen molar-refractivity contribution in [1.82, 2.24) is 20.5 Å². The van der Waals surface area contributed by atoms with Gasteiger partial charge in [-0.1, -0.05) is 30.3 Å². The average molecular weight is 400 g/mol. The van der Waals surface area contributed by atoms with Gasteiger partial charge in [0.15, 0.2) is 5.82 Å². The number of H-pyrrole nitrogens is 1. The second-order valence-electron chi connectivity index (χ2n) is 6.21. The Balaban J connectivity index is 1.83. The van der Waals surface area contributed by atoms with E-state index < -0.39 is 29.6 Å². The van der Waals surface area contributed by atoms with Gasteiger partial charge in [-0.25, -0.2) is 18.6 Å². The fourth-order valence-electron chi connectivity index (χ4n) is 2.65. The minimum absolute atomic E-state index is 0.251. The quantitative estimate of drug-likeness (QED) is 0.527. The number of anilines is 2. The van der Waals surface area contributed by atoms with Crippen LogP contribution in [-0.4, -0.2) is 27.1 Å². The van der Waals surface area contributed by atoms with Gasteiger partial charge in [-0.3, -0.25) is 9.89 Å². The monoisotopic (exact) mass is 400 g/mol. The number of aromatic nitrogens is 3. The van der Waals surface area contributed by atoms with Crippen LogP contribution in [0.15, 0.2) is 42.5 Å². The molecule has 1 atom stereocenters. The summed E-state index contributed by atoms with van der Waals surface area (Å²) >= 11 is 0. The second kappa shape index (κ2) is 8.46. The number of nitrogens with one attached hydrogen (secondary N) is 4. The summed E-state index contributed by atoms with van der Waals surface area (Å²) in [5, 5.41) is 14.0. The largest absolute Gasteiger partial charge is 0.324 e. The van der Waals surface area contributed by atoms with E-state index in [9.17, 15) is 18.4 Å². The second-order valence-corrected chi connectivity index (χ2v) is 6.21. The standard InChI is InChI=1S/C19H18F2N6O2/c1-10-22-18(27-26-10)17(12-6-4-3-5-7-12)25-19(29)24-16-9-15(23-11(2)28)13(20)8-14(16)21/h3-9,17H,1-2H3,(H,23,28)(H,22,26,27)(H2,24,25,29). The highest BCUT2D eigenvalue weighted by atomic mass is 19.1. The number of aryl methyl sites for hydroxylation is 1. The summed E-state index contributed by atoms with van der Waals surface area (Å²) in [4.78, 5) is 27.9. The van der Waals surface area contributed by atoms with E-state index in [-0.39, 0.29) is 11.4 Å². The Kier molecular flexibility index (Phi) is 5.82. The van der Waals surface area contributed by atoms with Crippen LogP contribution in [0.2, 0.25) is 0 Å². The molecule has 150 valence electrons. The number of nitrogens with zero attached hydrogens (tertiary/aromatic N) is 2. The molecule has 0 radical (unpaired) electrons. The molecule has 0 fully saturated rings. The zero-order valence-electron chi connectivity index (χ0n) is 15.6. The van der Waals surface area contributed by atoms with E-state index in [1.165, 1.54) is 6.92 Å². The zero-order chi connectivity index (χ0) is 21.0. The Morgan fingerprint density at radius 3 is 2.28 bits per heavy atom.